The van der Waals surface area contributed by atoms with Gasteiger partial charge in [-0.2, -0.15) is 5.10 Å². The van der Waals surface area contributed by atoms with Crippen LogP contribution in [0.3, 0.4) is 0 Å². The Morgan fingerprint density at radius 1 is 1.17 bits per heavy atom. The molecule has 3 aromatic heterocycles. The number of nitrogens with zero attached hydrogens (tertiary/aromatic N) is 6. The van der Waals surface area contributed by atoms with E-state index in [4.69, 9.17) is 14.8 Å². The third-order valence-corrected chi connectivity index (χ3v) is 8.89. The minimum atomic E-state index is -0.711. The molecule has 8 rings (SSSR count). The molecule has 4 aliphatic rings. The van der Waals surface area contributed by atoms with Crippen molar-refractivity contribution in [3.05, 3.63) is 71.2 Å². The van der Waals surface area contributed by atoms with E-state index in [1.807, 2.05) is 11.4 Å². The summed E-state index contributed by atoms with van der Waals surface area (Å²) in [6, 6.07) is 13.0. The van der Waals surface area contributed by atoms with Crippen LogP contribution in [0.1, 0.15) is 54.3 Å². The van der Waals surface area contributed by atoms with Crippen molar-refractivity contribution in [1.82, 2.24) is 29.8 Å². The number of pyridine rings is 1. The molecule has 3 unspecified atom stereocenters. The molecule has 1 aromatic carbocycles. The number of aliphatic hydroxyl groups excluding tert-OH is 1. The topological polar surface area (TPSA) is 104 Å². The van der Waals surface area contributed by atoms with Gasteiger partial charge in [-0.25, -0.2) is 14.5 Å². The lowest BCUT2D eigenvalue weighted by molar-refractivity contribution is -0.0714. The van der Waals surface area contributed by atoms with Crippen LogP contribution in [0.25, 0.3) is 5.65 Å². The maximum atomic E-state index is 10.2. The first-order chi connectivity index (χ1) is 17.4. The molecule has 9 heteroatoms. The van der Waals surface area contributed by atoms with Crippen molar-refractivity contribution >= 4 is 11.3 Å². The van der Waals surface area contributed by atoms with Gasteiger partial charge in [-0.1, -0.05) is 37.3 Å². The molecule has 0 amide bonds. The van der Waals surface area contributed by atoms with Crippen molar-refractivity contribution in [2.24, 2.45) is 5.41 Å². The van der Waals surface area contributed by atoms with Crippen molar-refractivity contribution in [3.8, 4) is 0 Å². The Kier molecular flexibility index (Phi) is 4.49. The summed E-state index contributed by atoms with van der Waals surface area (Å²) in [4.78, 5) is 12.0. The average molecular weight is 486 g/mol. The van der Waals surface area contributed by atoms with E-state index in [9.17, 15) is 5.11 Å². The van der Waals surface area contributed by atoms with Crippen molar-refractivity contribution in [2.45, 2.75) is 50.5 Å². The molecule has 3 saturated heterocycles. The second-order valence-electron chi connectivity index (χ2n) is 11.0. The van der Waals surface area contributed by atoms with Crippen LogP contribution in [0.4, 0.5) is 5.69 Å². The number of hydrogen-bond donors (Lipinski definition) is 2. The van der Waals surface area contributed by atoms with Crippen molar-refractivity contribution in [2.75, 3.05) is 31.2 Å². The fourth-order valence-corrected chi connectivity index (χ4v) is 6.82. The molecule has 4 fully saturated rings. The second kappa shape index (κ2) is 7.36. The summed E-state index contributed by atoms with van der Waals surface area (Å²) in [6.07, 6.45) is 3.86. The molecule has 0 radical (unpaired) electrons. The van der Waals surface area contributed by atoms with Gasteiger partial charge in [0, 0.05) is 23.9 Å². The zero-order valence-corrected chi connectivity index (χ0v) is 20.9. The molecular formula is C27H31N7O2. The lowest BCUT2D eigenvalue weighted by Gasteiger charge is -2.51. The predicted octanol–water partition coefficient (Wildman–Crippen LogP) is 3.02. The van der Waals surface area contributed by atoms with Crippen molar-refractivity contribution < 1.29 is 9.84 Å². The number of fused-ring (bicyclic) bond motifs is 2. The number of aryl methyl sites for hydroxylation is 2. The Labute approximate surface area is 209 Å². The van der Waals surface area contributed by atoms with Crippen molar-refractivity contribution in [3.63, 3.8) is 0 Å². The Hall–Kier alpha value is -3.30. The zero-order valence-electron chi connectivity index (χ0n) is 20.9. The monoisotopic (exact) mass is 485 g/mol. The lowest BCUT2D eigenvalue weighted by atomic mass is 9.53. The van der Waals surface area contributed by atoms with Crippen LogP contribution in [0.15, 0.2) is 42.6 Å². The van der Waals surface area contributed by atoms with Gasteiger partial charge in [0.2, 0.25) is 0 Å². The number of anilines is 1. The summed E-state index contributed by atoms with van der Waals surface area (Å²) >= 11 is 0. The molecule has 186 valence electrons. The highest BCUT2D eigenvalue weighted by Crippen LogP contribution is 2.70. The van der Waals surface area contributed by atoms with Gasteiger partial charge in [0.15, 0.2) is 17.3 Å². The van der Waals surface area contributed by atoms with E-state index in [-0.39, 0.29) is 23.4 Å². The van der Waals surface area contributed by atoms with E-state index >= 15 is 0 Å². The average Bonchev–Trinajstić information content (AvgIpc) is 3.61. The summed E-state index contributed by atoms with van der Waals surface area (Å²) in [5, 5.41) is 22.5. The molecule has 4 aromatic rings. The molecule has 2 N–H and O–H groups in total. The number of aliphatic hydroxyl groups is 1. The number of aromatic nitrogens is 6. The fraction of sp³-hybridized carbons (Fsp3) is 0.481. The molecule has 3 aliphatic heterocycles. The van der Waals surface area contributed by atoms with Gasteiger partial charge in [-0.05, 0) is 43.9 Å². The quantitative estimate of drug-likeness (QED) is 0.433. The number of ether oxygens (including phenoxy) is 1. The molecule has 0 spiro atoms. The molecule has 3 atom stereocenters. The standard InChI is InChI=1S/C27H31N7O2/c1-4-25(19-8-6-5-7-9-19)13-33(14-25)20-10-17(2)23-29-24(32-34(23)11-20)27-12-26(15-35,16-36-27)21(27)22-28-18(3)30-31-22/h5-11,21,35H,4,12-16H2,1-3H3,(H,28,30,31). The van der Waals surface area contributed by atoms with Crippen LogP contribution in [0, 0.1) is 19.3 Å². The van der Waals surface area contributed by atoms with Gasteiger partial charge < -0.3 is 14.7 Å². The molecule has 1 saturated carbocycles. The number of rotatable bonds is 6. The minimum absolute atomic E-state index is 0.0269. The number of H-pyrrole nitrogens is 1. The summed E-state index contributed by atoms with van der Waals surface area (Å²) in [7, 11) is 0. The Bertz CT molecular complexity index is 1460. The number of hydrogen-bond acceptors (Lipinski definition) is 7. The molecule has 6 heterocycles. The van der Waals surface area contributed by atoms with Crippen LogP contribution in [0.2, 0.25) is 0 Å². The van der Waals surface area contributed by atoms with E-state index in [1.54, 1.807) is 0 Å². The van der Waals surface area contributed by atoms with E-state index in [0.29, 0.717) is 24.7 Å². The predicted molar refractivity (Wildman–Crippen MR) is 134 cm³/mol. The molecule has 9 nitrogen and oxygen atoms in total. The smallest absolute Gasteiger partial charge is 0.184 e. The van der Waals surface area contributed by atoms with E-state index < -0.39 is 5.60 Å². The highest BCUT2D eigenvalue weighted by atomic mass is 16.5. The first-order valence-corrected chi connectivity index (χ1v) is 12.7. The summed E-state index contributed by atoms with van der Waals surface area (Å²) in [5.74, 6) is 1.88. The normalized spacial score (nSPS) is 28.3. The Balaban J connectivity index is 1.22. The van der Waals surface area contributed by atoms with Gasteiger partial charge >= 0.3 is 0 Å². The van der Waals surface area contributed by atoms with Crippen LogP contribution in [-0.4, -0.2) is 61.2 Å². The number of aromatic amines is 1. The van der Waals surface area contributed by atoms with Crippen LogP contribution in [-0.2, 0) is 15.8 Å². The molecule has 36 heavy (non-hydrogen) atoms. The second-order valence-corrected chi connectivity index (χ2v) is 11.0. The third-order valence-electron chi connectivity index (χ3n) is 8.89. The minimum Gasteiger partial charge on any atom is -0.396 e. The molecular weight excluding hydrogens is 454 g/mol. The third kappa shape index (κ3) is 2.78. The van der Waals surface area contributed by atoms with Gasteiger partial charge in [0.1, 0.15) is 11.4 Å². The first kappa shape index (κ1) is 21.9. The molecule has 2 bridgehead atoms. The van der Waals surface area contributed by atoms with Gasteiger partial charge in [-0.15, -0.1) is 5.10 Å². The maximum absolute atomic E-state index is 10.2. The number of nitrogens with one attached hydrogen (secondary N) is 1. The van der Waals surface area contributed by atoms with Gasteiger partial charge in [-0.3, -0.25) is 5.10 Å². The van der Waals surface area contributed by atoms with Crippen LogP contribution in [0.5, 0.6) is 0 Å². The summed E-state index contributed by atoms with van der Waals surface area (Å²) in [5.41, 5.74) is 3.56. The maximum Gasteiger partial charge on any atom is 0.184 e. The zero-order chi connectivity index (χ0) is 24.7. The Morgan fingerprint density at radius 3 is 2.67 bits per heavy atom. The highest BCUT2D eigenvalue weighted by Gasteiger charge is 2.74. The van der Waals surface area contributed by atoms with Gasteiger partial charge in [0.25, 0.3) is 0 Å². The SMILES string of the molecule is CCC1(c2ccccc2)CN(c2cc(C)c3nc(C45CC(CO)(CO4)C5c4n[nH]c(C)n4)nn3c2)C1. The van der Waals surface area contributed by atoms with E-state index in [2.05, 4.69) is 76.5 Å². The van der Waals surface area contributed by atoms with E-state index in [0.717, 1.165) is 42.2 Å². The fourth-order valence-electron chi connectivity index (χ4n) is 6.82. The largest absolute Gasteiger partial charge is 0.396 e. The van der Waals surface area contributed by atoms with Gasteiger partial charge in [0.05, 0.1) is 31.0 Å². The van der Waals surface area contributed by atoms with Crippen LogP contribution >= 0.6 is 0 Å². The Morgan fingerprint density at radius 2 is 1.97 bits per heavy atom. The van der Waals surface area contributed by atoms with Crippen molar-refractivity contribution in [1.29, 1.82) is 0 Å². The van der Waals surface area contributed by atoms with Crippen LogP contribution < -0.4 is 4.90 Å². The summed E-state index contributed by atoms with van der Waals surface area (Å²) in [6.45, 7) is 8.69. The lowest BCUT2D eigenvalue weighted by Crippen LogP contribution is -2.59. The van der Waals surface area contributed by atoms with E-state index in [1.165, 1.54) is 5.56 Å². The summed E-state index contributed by atoms with van der Waals surface area (Å²) < 4.78 is 8.23. The highest BCUT2D eigenvalue weighted by molar-refractivity contribution is 5.60. The number of benzene rings is 1. The molecule has 1 aliphatic carbocycles. The first-order valence-electron chi connectivity index (χ1n) is 12.7.